The number of carboxylic acid groups (broad SMARTS) is 1. The number of aryl methyl sites for hydroxylation is 2. The number of hydrogen-bond acceptors (Lipinski definition) is 5. The average Bonchev–Trinajstić information content (AvgIpc) is 2.75. The number of carbonyl (C=O) groups is 1. The highest BCUT2D eigenvalue weighted by molar-refractivity contribution is 7.18. The summed E-state index contributed by atoms with van der Waals surface area (Å²) in [6, 6.07) is 0. The first kappa shape index (κ1) is 13.2. The van der Waals surface area contributed by atoms with Crippen molar-refractivity contribution in [3.8, 4) is 0 Å². The van der Waals surface area contributed by atoms with Gasteiger partial charge in [0.25, 0.3) is 5.56 Å². The molecule has 0 saturated heterocycles. The summed E-state index contributed by atoms with van der Waals surface area (Å²) < 4.78 is 1.17. The fraction of sp³-hybridized carbons (Fsp3) is 0.538. The molecule has 20 heavy (non-hydrogen) atoms. The predicted molar refractivity (Wildman–Crippen MR) is 75.1 cm³/mol. The Hall–Kier alpha value is -1.76. The smallest absolute Gasteiger partial charge is 0.305 e. The first-order valence-electron chi connectivity index (χ1n) is 6.66. The van der Waals surface area contributed by atoms with Crippen LogP contribution in [0.15, 0.2) is 4.79 Å². The Morgan fingerprint density at radius 2 is 2.35 bits per heavy atom. The standard InChI is InChI=1S/C13H15N3O3S/c1-7-2-3-8-9(6-7)20-12-11(8)13(19)16(15-14-12)5-4-10(17)18/h7H,2-6H2,1H3,(H,17,18). The molecule has 2 aromatic rings. The summed E-state index contributed by atoms with van der Waals surface area (Å²) in [6.45, 7) is 2.28. The zero-order chi connectivity index (χ0) is 14.3. The zero-order valence-corrected chi connectivity index (χ0v) is 11.9. The molecular weight excluding hydrogens is 278 g/mol. The number of hydrogen-bond donors (Lipinski definition) is 1. The van der Waals surface area contributed by atoms with Gasteiger partial charge in [0.2, 0.25) is 0 Å². The van der Waals surface area contributed by atoms with Crippen molar-refractivity contribution >= 4 is 27.5 Å². The molecule has 0 amide bonds. The van der Waals surface area contributed by atoms with E-state index in [2.05, 4.69) is 17.2 Å². The molecule has 106 valence electrons. The Morgan fingerprint density at radius 1 is 1.55 bits per heavy atom. The van der Waals surface area contributed by atoms with Crippen molar-refractivity contribution < 1.29 is 9.90 Å². The molecule has 0 spiro atoms. The monoisotopic (exact) mass is 293 g/mol. The minimum absolute atomic E-state index is 0.0676. The first-order chi connectivity index (χ1) is 9.56. The maximum Gasteiger partial charge on any atom is 0.305 e. The van der Waals surface area contributed by atoms with Gasteiger partial charge in [-0.2, -0.15) is 0 Å². The molecule has 0 radical (unpaired) electrons. The van der Waals surface area contributed by atoms with Gasteiger partial charge in [0.15, 0.2) is 4.83 Å². The van der Waals surface area contributed by atoms with E-state index in [1.54, 1.807) is 11.3 Å². The summed E-state index contributed by atoms with van der Waals surface area (Å²) >= 11 is 1.55. The SMILES string of the molecule is CC1CCc2c(sc3nnn(CCC(=O)O)c(=O)c23)C1. The highest BCUT2D eigenvalue weighted by Gasteiger charge is 2.23. The van der Waals surface area contributed by atoms with Gasteiger partial charge in [-0.25, -0.2) is 4.68 Å². The van der Waals surface area contributed by atoms with Gasteiger partial charge in [-0.05, 0) is 30.7 Å². The molecular formula is C13H15N3O3S. The van der Waals surface area contributed by atoms with E-state index >= 15 is 0 Å². The van der Waals surface area contributed by atoms with Gasteiger partial charge in [0.05, 0.1) is 18.4 Å². The van der Waals surface area contributed by atoms with Crippen LogP contribution in [-0.2, 0) is 24.2 Å². The van der Waals surface area contributed by atoms with E-state index in [0.29, 0.717) is 16.1 Å². The van der Waals surface area contributed by atoms with Crippen LogP contribution in [0.4, 0.5) is 0 Å². The van der Waals surface area contributed by atoms with Gasteiger partial charge in [-0.15, -0.1) is 16.4 Å². The fourth-order valence-electron chi connectivity index (χ4n) is 2.64. The van der Waals surface area contributed by atoms with Crippen LogP contribution < -0.4 is 5.56 Å². The van der Waals surface area contributed by atoms with Gasteiger partial charge in [0.1, 0.15) is 0 Å². The number of fused-ring (bicyclic) bond motifs is 3. The summed E-state index contributed by atoms with van der Waals surface area (Å²) in [6.07, 6.45) is 2.85. The lowest BCUT2D eigenvalue weighted by atomic mass is 9.89. The molecule has 0 bridgehead atoms. The second-order valence-corrected chi connectivity index (χ2v) is 6.38. The lowest BCUT2D eigenvalue weighted by Crippen LogP contribution is -2.25. The van der Waals surface area contributed by atoms with E-state index in [1.165, 1.54) is 9.56 Å². The Labute approximate surface area is 119 Å². The van der Waals surface area contributed by atoms with Crippen LogP contribution in [0, 0.1) is 5.92 Å². The lowest BCUT2D eigenvalue weighted by molar-refractivity contribution is -0.137. The van der Waals surface area contributed by atoms with Crippen molar-refractivity contribution in [3.63, 3.8) is 0 Å². The van der Waals surface area contributed by atoms with Crippen molar-refractivity contribution in [1.82, 2.24) is 15.0 Å². The molecule has 0 aliphatic heterocycles. The van der Waals surface area contributed by atoms with E-state index in [-0.39, 0.29) is 18.5 Å². The van der Waals surface area contributed by atoms with Crippen LogP contribution in [0.1, 0.15) is 30.2 Å². The van der Waals surface area contributed by atoms with E-state index in [4.69, 9.17) is 5.11 Å². The maximum absolute atomic E-state index is 12.4. The Bertz CT molecular complexity index is 734. The van der Waals surface area contributed by atoms with Crippen molar-refractivity contribution in [3.05, 3.63) is 20.8 Å². The second-order valence-electron chi connectivity index (χ2n) is 5.29. The topological polar surface area (TPSA) is 85.1 Å². The Kier molecular flexibility index (Phi) is 3.29. The maximum atomic E-state index is 12.4. The summed E-state index contributed by atoms with van der Waals surface area (Å²) in [5.74, 6) is -0.308. The number of rotatable bonds is 3. The highest BCUT2D eigenvalue weighted by Crippen LogP contribution is 2.35. The number of carboxylic acids is 1. The Morgan fingerprint density at radius 3 is 3.10 bits per heavy atom. The zero-order valence-electron chi connectivity index (χ0n) is 11.1. The van der Waals surface area contributed by atoms with Crippen LogP contribution in [0.3, 0.4) is 0 Å². The van der Waals surface area contributed by atoms with Crippen molar-refractivity contribution in [2.75, 3.05) is 0 Å². The molecule has 1 atom stereocenters. The van der Waals surface area contributed by atoms with Gasteiger partial charge in [0, 0.05) is 4.88 Å². The average molecular weight is 293 g/mol. The quantitative estimate of drug-likeness (QED) is 0.926. The molecule has 3 rings (SSSR count). The number of aromatic nitrogens is 3. The van der Waals surface area contributed by atoms with E-state index in [0.717, 1.165) is 24.8 Å². The van der Waals surface area contributed by atoms with Gasteiger partial charge in [-0.1, -0.05) is 12.1 Å². The predicted octanol–water partition coefficient (Wildman–Crippen LogP) is 1.45. The van der Waals surface area contributed by atoms with E-state index in [9.17, 15) is 9.59 Å². The third kappa shape index (κ3) is 2.22. The summed E-state index contributed by atoms with van der Waals surface area (Å²) in [5, 5.41) is 17.3. The molecule has 6 nitrogen and oxygen atoms in total. The molecule has 1 aliphatic rings. The number of thiophene rings is 1. The molecule has 0 saturated carbocycles. The van der Waals surface area contributed by atoms with Crippen molar-refractivity contribution in [2.24, 2.45) is 5.92 Å². The summed E-state index contributed by atoms with van der Waals surface area (Å²) in [5.41, 5.74) is 0.898. The third-order valence-corrected chi connectivity index (χ3v) is 4.86. The molecule has 1 unspecified atom stereocenters. The van der Waals surface area contributed by atoms with E-state index < -0.39 is 5.97 Å². The number of aliphatic carboxylic acids is 1. The molecule has 1 aliphatic carbocycles. The van der Waals surface area contributed by atoms with Crippen LogP contribution >= 0.6 is 11.3 Å². The van der Waals surface area contributed by atoms with Crippen LogP contribution in [0.25, 0.3) is 10.2 Å². The summed E-state index contributed by atoms with van der Waals surface area (Å²) in [7, 11) is 0. The van der Waals surface area contributed by atoms with Crippen LogP contribution in [-0.4, -0.2) is 26.1 Å². The second kappa shape index (κ2) is 4.97. The molecule has 0 aromatic carbocycles. The van der Waals surface area contributed by atoms with Crippen LogP contribution in [0.5, 0.6) is 0 Å². The molecule has 2 heterocycles. The molecule has 1 N–H and O–H groups in total. The van der Waals surface area contributed by atoms with Crippen molar-refractivity contribution in [2.45, 2.75) is 39.2 Å². The first-order valence-corrected chi connectivity index (χ1v) is 7.47. The molecule has 2 aromatic heterocycles. The third-order valence-electron chi connectivity index (χ3n) is 3.72. The molecule has 0 fully saturated rings. The summed E-state index contributed by atoms with van der Waals surface area (Å²) in [4.78, 5) is 25.0. The van der Waals surface area contributed by atoms with Gasteiger partial charge in [-0.3, -0.25) is 9.59 Å². The van der Waals surface area contributed by atoms with Gasteiger partial charge < -0.3 is 5.11 Å². The minimum atomic E-state index is -0.944. The molecule has 7 heteroatoms. The normalized spacial score (nSPS) is 18.1. The van der Waals surface area contributed by atoms with Crippen molar-refractivity contribution in [1.29, 1.82) is 0 Å². The highest BCUT2D eigenvalue weighted by atomic mass is 32.1. The fourth-order valence-corrected chi connectivity index (χ4v) is 3.96. The van der Waals surface area contributed by atoms with E-state index in [1.807, 2.05) is 0 Å². The largest absolute Gasteiger partial charge is 0.481 e. The van der Waals surface area contributed by atoms with Crippen LogP contribution in [0.2, 0.25) is 0 Å². The lowest BCUT2D eigenvalue weighted by Gasteiger charge is -2.17. The number of nitrogens with zero attached hydrogens (tertiary/aromatic N) is 3. The van der Waals surface area contributed by atoms with Gasteiger partial charge >= 0.3 is 5.97 Å². The minimum Gasteiger partial charge on any atom is -0.481 e. The Balaban J connectivity index is 2.08.